The molecule has 0 aliphatic rings. The van der Waals surface area contributed by atoms with Gasteiger partial charge in [0.05, 0.1) is 21.1 Å². The maximum atomic E-state index is 12.3. The standard InChI is InChI=1S/C11H12ClN3OS/c1-3-4-15-10(8(12)5-14-15)11(16)9-6-13-7(2)17-9/h5-6H,3-4H2,1-2H3. The van der Waals surface area contributed by atoms with Crippen LogP contribution in [0.3, 0.4) is 0 Å². The van der Waals surface area contributed by atoms with Gasteiger partial charge in [-0.15, -0.1) is 11.3 Å². The van der Waals surface area contributed by atoms with Gasteiger partial charge in [0.2, 0.25) is 5.78 Å². The third kappa shape index (κ3) is 2.40. The van der Waals surface area contributed by atoms with Gasteiger partial charge in [-0.1, -0.05) is 18.5 Å². The number of rotatable bonds is 4. The molecule has 2 aromatic heterocycles. The first-order valence-corrected chi connectivity index (χ1v) is 6.51. The second kappa shape index (κ2) is 4.98. The van der Waals surface area contributed by atoms with E-state index in [4.69, 9.17) is 11.6 Å². The maximum absolute atomic E-state index is 12.3. The Balaban J connectivity index is 2.39. The van der Waals surface area contributed by atoms with Crippen molar-refractivity contribution in [3.63, 3.8) is 0 Å². The highest BCUT2D eigenvalue weighted by Crippen LogP contribution is 2.22. The van der Waals surface area contributed by atoms with Crippen molar-refractivity contribution in [2.24, 2.45) is 0 Å². The lowest BCUT2D eigenvalue weighted by Crippen LogP contribution is -2.11. The molecule has 2 heterocycles. The van der Waals surface area contributed by atoms with E-state index in [9.17, 15) is 4.79 Å². The highest BCUT2D eigenvalue weighted by molar-refractivity contribution is 7.13. The van der Waals surface area contributed by atoms with Crippen LogP contribution in [0.25, 0.3) is 0 Å². The molecule has 0 fully saturated rings. The van der Waals surface area contributed by atoms with E-state index < -0.39 is 0 Å². The van der Waals surface area contributed by atoms with E-state index in [-0.39, 0.29) is 5.78 Å². The minimum Gasteiger partial charge on any atom is -0.286 e. The first-order valence-electron chi connectivity index (χ1n) is 5.32. The van der Waals surface area contributed by atoms with Crippen LogP contribution in [-0.2, 0) is 6.54 Å². The highest BCUT2D eigenvalue weighted by atomic mass is 35.5. The molecule has 0 saturated heterocycles. The molecule has 90 valence electrons. The van der Waals surface area contributed by atoms with Gasteiger partial charge < -0.3 is 0 Å². The van der Waals surface area contributed by atoms with Crippen LogP contribution < -0.4 is 0 Å². The van der Waals surface area contributed by atoms with Gasteiger partial charge in [-0.05, 0) is 13.3 Å². The van der Waals surface area contributed by atoms with E-state index in [1.165, 1.54) is 17.5 Å². The Morgan fingerprint density at radius 2 is 2.29 bits per heavy atom. The van der Waals surface area contributed by atoms with Gasteiger partial charge in [0.25, 0.3) is 0 Å². The molecule has 0 unspecified atom stereocenters. The molecule has 0 aromatic carbocycles. The Hall–Kier alpha value is -1.20. The van der Waals surface area contributed by atoms with Gasteiger partial charge in [-0.25, -0.2) is 4.98 Å². The van der Waals surface area contributed by atoms with Gasteiger partial charge in [0.1, 0.15) is 5.69 Å². The van der Waals surface area contributed by atoms with Crippen LogP contribution >= 0.6 is 22.9 Å². The van der Waals surface area contributed by atoms with E-state index in [1.54, 1.807) is 10.9 Å². The molecular weight excluding hydrogens is 258 g/mol. The molecule has 0 atom stereocenters. The van der Waals surface area contributed by atoms with E-state index >= 15 is 0 Å². The first-order chi connectivity index (χ1) is 8.13. The van der Waals surface area contributed by atoms with Gasteiger partial charge in [-0.3, -0.25) is 9.48 Å². The highest BCUT2D eigenvalue weighted by Gasteiger charge is 2.20. The van der Waals surface area contributed by atoms with Crippen molar-refractivity contribution in [2.45, 2.75) is 26.8 Å². The zero-order valence-corrected chi connectivity index (χ0v) is 11.2. The minimum absolute atomic E-state index is 0.105. The quantitative estimate of drug-likeness (QED) is 0.802. The number of hydrogen-bond donors (Lipinski definition) is 0. The molecule has 4 nitrogen and oxygen atoms in total. The van der Waals surface area contributed by atoms with E-state index in [0.717, 1.165) is 11.4 Å². The van der Waals surface area contributed by atoms with Gasteiger partial charge >= 0.3 is 0 Å². The number of aromatic nitrogens is 3. The van der Waals surface area contributed by atoms with E-state index in [0.29, 0.717) is 22.1 Å². The summed E-state index contributed by atoms with van der Waals surface area (Å²) in [6.45, 7) is 4.58. The summed E-state index contributed by atoms with van der Waals surface area (Å²) in [5.74, 6) is -0.105. The summed E-state index contributed by atoms with van der Waals surface area (Å²) >= 11 is 7.38. The summed E-state index contributed by atoms with van der Waals surface area (Å²) in [4.78, 5) is 16.9. The lowest BCUT2D eigenvalue weighted by molar-refractivity contribution is 0.103. The number of hydrogen-bond acceptors (Lipinski definition) is 4. The van der Waals surface area contributed by atoms with Crippen LogP contribution in [0.1, 0.15) is 33.7 Å². The predicted molar refractivity (Wildman–Crippen MR) is 67.8 cm³/mol. The monoisotopic (exact) mass is 269 g/mol. The average molecular weight is 270 g/mol. The Kier molecular flexibility index (Phi) is 3.59. The van der Waals surface area contributed by atoms with Crippen molar-refractivity contribution in [3.05, 3.63) is 33.0 Å². The second-order valence-electron chi connectivity index (χ2n) is 3.64. The van der Waals surface area contributed by atoms with Crippen LogP contribution in [0.4, 0.5) is 0 Å². The number of carbonyl (C=O) groups excluding carboxylic acids is 1. The molecular formula is C11H12ClN3OS. The molecule has 2 rings (SSSR count). The summed E-state index contributed by atoms with van der Waals surface area (Å²) in [5, 5.41) is 5.37. The van der Waals surface area contributed by atoms with Crippen molar-refractivity contribution in [1.82, 2.24) is 14.8 Å². The van der Waals surface area contributed by atoms with Crippen molar-refractivity contribution >= 4 is 28.7 Å². The smallest absolute Gasteiger partial charge is 0.224 e. The number of carbonyl (C=O) groups is 1. The Labute approximate surface area is 108 Å². The molecule has 0 saturated carbocycles. The predicted octanol–water partition coefficient (Wildman–Crippen LogP) is 2.94. The van der Waals surface area contributed by atoms with Gasteiger partial charge in [-0.2, -0.15) is 5.10 Å². The van der Waals surface area contributed by atoms with E-state index in [2.05, 4.69) is 10.1 Å². The number of nitrogens with zero attached hydrogens (tertiary/aromatic N) is 3. The maximum Gasteiger partial charge on any atom is 0.224 e. The molecule has 2 aromatic rings. The molecule has 6 heteroatoms. The van der Waals surface area contributed by atoms with Crippen LogP contribution in [0.2, 0.25) is 5.02 Å². The molecule has 0 N–H and O–H groups in total. The molecule has 0 bridgehead atoms. The van der Waals surface area contributed by atoms with Crippen molar-refractivity contribution in [3.8, 4) is 0 Å². The SMILES string of the molecule is CCCn1ncc(Cl)c1C(=O)c1cnc(C)s1. The zero-order valence-electron chi connectivity index (χ0n) is 9.61. The minimum atomic E-state index is -0.105. The molecule has 0 amide bonds. The average Bonchev–Trinajstić information content (AvgIpc) is 2.86. The van der Waals surface area contributed by atoms with Crippen molar-refractivity contribution in [1.29, 1.82) is 0 Å². The topological polar surface area (TPSA) is 47.8 Å². The fraction of sp³-hybridized carbons (Fsp3) is 0.364. The summed E-state index contributed by atoms with van der Waals surface area (Å²) in [6.07, 6.45) is 4.00. The lowest BCUT2D eigenvalue weighted by atomic mass is 10.2. The van der Waals surface area contributed by atoms with Crippen molar-refractivity contribution in [2.75, 3.05) is 0 Å². The van der Waals surface area contributed by atoms with Crippen LogP contribution in [0, 0.1) is 6.92 Å². The summed E-state index contributed by atoms with van der Waals surface area (Å²) in [6, 6.07) is 0. The molecule has 0 aliphatic carbocycles. The Bertz CT molecular complexity index is 547. The lowest BCUT2D eigenvalue weighted by Gasteiger charge is -2.03. The number of halogens is 1. The normalized spacial score (nSPS) is 10.8. The third-order valence-electron chi connectivity index (χ3n) is 2.29. The summed E-state index contributed by atoms with van der Waals surface area (Å²) < 4.78 is 1.65. The van der Waals surface area contributed by atoms with Gasteiger partial charge in [0, 0.05) is 12.7 Å². The van der Waals surface area contributed by atoms with Crippen molar-refractivity contribution < 1.29 is 4.79 Å². The molecule has 0 aliphatic heterocycles. The summed E-state index contributed by atoms with van der Waals surface area (Å²) in [7, 11) is 0. The van der Waals surface area contributed by atoms with Crippen LogP contribution in [0.5, 0.6) is 0 Å². The van der Waals surface area contributed by atoms with Crippen LogP contribution in [0.15, 0.2) is 12.4 Å². The first kappa shape index (κ1) is 12.3. The Morgan fingerprint density at radius 1 is 1.53 bits per heavy atom. The molecule has 0 spiro atoms. The zero-order chi connectivity index (χ0) is 12.4. The number of ketones is 1. The number of thiazole rings is 1. The molecule has 0 radical (unpaired) electrons. The molecule has 17 heavy (non-hydrogen) atoms. The third-order valence-corrected chi connectivity index (χ3v) is 3.48. The van der Waals surface area contributed by atoms with E-state index in [1.807, 2.05) is 13.8 Å². The summed E-state index contributed by atoms with van der Waals surface area (Å²) in [5.41, 5.74) is 0.456. The van der Waals surface area contributed by atoms with Crippen LogP contribution in [-0.4, -0.2) is 20.5 Å². The fourth-order valence-electron chi connectivity index (χ4n) is 1.55. The Morgan fingerprint density at radius 3 is 2.88 bits per heavy atom. The number of aryl methyl sites for hydroxylation is 2. The van der Waals surface area contributed by atoms with Gasteiger partial charge in [0.15, 0.2) is 0 Å². The fourth-order valence-corrected chi connectivity index (χ4v) is 2.50. The largest absolute Gasteiger partial charge is 0.286 e. The second-order valence-corrected chi connectivity index (χ2v) is 5.28.